The van der Waals surface area contributed by atoms with Gasteiger partial charge in [-0.2, -0.15) is 18.3 Å². The van der Waals surface area contributed by atoms with Gasteiger partial charge in [-0.05, 0) is 18.2 Å². The summed E-state index contributed by atoms with van der Waals surface area (Å²) in [6, 6.07) is 6.42. The predicted molar refractivity (Wildman–Crippen MR) is 84.4 cm³/mol. The number of amides is 1. The maximum Gasteiger partial charge on any atom is 0.435 e. The van der Waals surface area contributed by atoms with Gasteiger partial charge in [0.1, 0.15) is 0 Å². The third kappa shape index (κ3) is 3.96. The van der Waals surface area contributed by atoms with Crippen LogP contribution in [0.15, 0.2) is 24.3 Å². The molecule has 134 valence electrons. The Balaban J connectivity index is 1.69. The number of alkyl halides is 3. The lowest BCUT2D eigenvalue weighted by atomic mass is 10.1. The SMILES string of the molecule is O=C(NCCn1nc(C(F)(F)F)c2c1CCOC2)c1cccc(Cl)c1. The second kappa shape index (κ2) is 7.05. The minimum Gasteiger partial charge on any atom is -0.376 e. The lowest BCUT2D eigenvalue weighted by Gasteiger charge is -2.15. The summed E-state index contributed by atoms with van der Waals surface area (Å²) < 4.78 is 45.7. The molecule has 0 bridgehead atoms. The van der Waals surface area contributed by atoms with Crippen molar-refractivity contribution in [3.8, 4) is 0 Å². The van der Waals surface area contributed by atoms with E-state index in [4.69, 9.17) is 16.3 Å². The van der Waals surface area contributed by atoms with Gasteiger partial charge in [-0.1, -0.05) is 17.7 Å². The van der Waals surface area contributed by atoms with Crippen LogP contribution in [0.3, 0.4) is 0 Å². The molecule has 0 aliphatic carbocycles. The second-order valence-corrected chi connectivity index (χ2v) is 6.00. The van der Waals surface area contributed by atoms with Crippen molar-refractivity contribution in [1.29, 1.82) is 0 Å². The first-order valence-electron chi connectivity index (χ1n) is 7.63. The van der Waals surface area contributed by atoms with Gasteiger partial charge in [-0.15, -0.1) is 0 Å². The van der Waals surface area contributed by atoms with Gasteiger partial charge in [-0.25, -0.2) is 0 Å². The van der Waals surface area contributed by atoms with Crippen LogP contribution in [-0.4, -0.2) is 28.8 Å². The van der Waals surface area contributed by atoms with Crippen LogP contribution in [0.1, 0.15) is 27.3 Å². The van der Waals surface area contributed by atoms with Crippen LogP contribution in [-0.2, 0) is 30.5 Å². The molecule has 1 amide bonds. The number of nitrogens with one attached hydrogen (secondary N) is 1. The normalized spacial score (nSPS) is 14.2. The van der Waals surface area contributed by atoms with Crippen LogP contribution < -0.4 is 5.32 Å². The van der Waals surface area contributed by atoms with Crippen molar-refractivity contribution in [1.82, 2.24) is 15.1 Å². The van der Waals surface area contributed by atoms with E-state index in [0.29, 0.717) is 29.3 Å². The zero-order valence-corrected chi connectivity index (χ0v) is 13.8. The second-order valence-electron chi connectivity index (χ2n) is 5.56. The van der Waals surface area contributed by atoms with Gasteiger partial charge in [0.25, 0.3) is 5.91 Å². The molecule has 1 N–H and O–H groups in total. The summed E-state index contributed by atoms with van der Waals surface area (Å²) in [5.74, 6) is -0.345. The molecule has 1 aliphatic rings. The molecule has 0 saturated heterocycles. The fourth-order valence-corrected chi connectivity index (χ4v) is 2.92. The van der Waals surface area contributed by atoms with Crippen molar-refractivity contribution < 1.29 is 22.7 Å². The third-order valence-electron chi connectivity index (χ3n) is 3.86. The quantitative estimate of drug-likeness (QED) is 0.896. The molecule has 1 aliphatic heterocycles. The van der Waals surface area contributed by atoms with Crippen LogP contribution in [0.25, 0.3) is 0 Å². The average Bonchev–Trinajstić information content (AvgIpc) is 2.94. The predicted octanol–water partition coefficient (Wildman–Crippen LogP) is 3.06. The molecule has 9 heteroatoms. The number of aromatic nitrogens is 2. The topological polar surface area (TPSA) is 56.2 Å². The zero-order chi connectivity index (χ0) is 18.0. The minimum absolute atomic E-state index is 0.0833. The summed E-state index contributed by atoms with van der Waals surface area (Å²) in [5.41, 5.74) is 0.0678. The lowest BCUT2D eigenvalue weighted by molar-refractivity contribution is -0.142. The van der Waals surface area contributed by atoms with Crippen LogP contribution in [0.2, 0.25) is 5.02 Å². The Hall–Kier alpha value is -2.06. The molecule has 2 heterocycles. The number of fused-ring (bicyclic) bond motifs is 1. The highest BCUT2D eigenvalue weighted by Gasteiger charge is 2.39. The number of carbonyl (C=O) groups is 1. The summed E-state index contributed by atoms with van der Waals surface area (Å²) >= 11 is 5.83. The van der Waals surface area contributed by atoms with Crippen LogP contribution in [0.4, 0.5) is 13.2 Å². The van der Waals surface area contributed by atoms with E-state index in [9.17, 15) is 18.0 Å². The van der Waals surface area contributed by atoms with E-state index >= 15 is 0 Å². The maximum absolute atomic E-state index is 13.1. The van der Waals surface area contributed by atoms with Gasteiger partial charge in [0.05, 0.1) is 19.8 Å². The maximum atomic E-state index is 13.1. The molecule has 5 nitrogen and oxygen atoms in total. The fraction of sp³-hybridized carbons (Fsp3) is 0.375. The summed E-state index contributed by atoms with van der Waals surface area (Å²) in [7, 11) is 0. The Bertz CT molecular complexity index is 789. The molecular weight excluding hydrogens is 359 g/mol. The van der Waals surface area contributed by atoms with E-state index in [1.165, 1.54) is 10.7 Å². The number of hydrogen-bond acceptors (Lipinski definition) is 3. The van der Waals surface area contributed by atoms with Gasteiger partial charge in [0.15, 0.2) is 5.69 Å². The van der Waals surface area contributed by atoms with Crippen molar-refractivity contribution >= 4 is 17.5 Å². The molecule has 0 saturated carbocycles. The molecule has 0 spiro atoms. The van der Waals surface area contributed by atoms with Crippen LogP contribution in [0.5, 0.6) is 0 Å². The fourth-order valence-electron chi connectivity index (χ4n) is 2.73. The van der Waals surface area contributed by atoms with Gasteiger partial charge in [0.2, 0.25) is 0 Å². The van der Waals surface area contributed by atoms with Crippen molar-refractivity contribution in [3.05, 3.63) is 51.8 Å². The summed E-state index contributed by atoms with van der Waals surface area (Å²) in [4.78, 5) is 12.0. The average molecular weight is 374 g/mol. The number of rotatable bonds is 4. The number of hydrogen-bond donors (Lipinski definition) is 1. The molecule has 1 aromatic heterocycles. The molecular formula is C16H15ClF3N3O2. The first-order valence-corrected chi connectivity index (χ1v) is 8.01. The van der Waals surface area contributed by atoms with E-state index in [2.05, 4.69) is 10.4 Å². The van der Waals surface area contributed by atoms with E-state index in [-0.39, 0.29) is 31.2 Å². The zero-order valence-electron chi connectivity index (χ0n) is 13.1. The van der Waals surface area contributed by atoms with Crippen molar-refractivity contribution in [3.63, 3.8) is 0 Å². The monoisotopic (exact) mass is 373 g/mol. The van der Waals surface area contributed by atoms with Gasteiger partial charge < -0.3 is 10.1 Å². The highest BCUT2D eigenvalue weighted by atomic mass is 35.5. The van der Waals surface area contributed by atoms with Crippen molar-refractivity contribution in [2.45, 2.75) is 25.7 Å². The van der Waals surface area contributed by atoms with Gasteiger partial charge >= 0.3 is 6.18 Å². The van der Waals surface area contributed by atoms with E-state index in [1.807, 2.05) is 0 Å². The Labute approximate surface area is 146 Å². The molecule has 0 unspecified atom stereocenters. The smallest absolute Gasteiger partial charge is 0.376 e. The standard InChI is InChI=1S/C16H15ClF3N3O2/c17-11-3-1-2-10(8-11)15(24)21-5-6-23-13-4-7-25-9-12(13)14(22-23)16(18,19)20/h1-3,8H,4-7,9H2,(H,21,24). The Morgan fingerprint density at radius 3 is 2.92 bits per heavy atom. The van der Waals surface area contributed by atoms with E-state index in [0.717, 1.165) is 0 Å². The van der Waals surface area contributed by atoms with Gasteiger partial charge in [-0.3, -0.25) is 9.48 Å². The van der Waals surface area contributed by atoms with Crippen LogP contribution >= 0.6 is 11.6 Å². The number of halogens is 4. The van der Waals surface area contributed by atoms with Crippen LogP contribution in [0, 0.1) is 0 Å². The molecule has 0 fully saturated rings. The largest absolute Gasteiger partial charge is 0.435 e. The Morgan fingerprint density at radius 2 is 2.20 bits per heavy atom. The number of carbonyl (C=O) groups excluding carboxylic acids is 1. The summed E-state index contributed by atoms with van der Waals surface area (Å²) in [6.45, 7) is 0.548. The molecule has 3 rings (SSSR count). The van der Waals surface area contributed by atoms with Crippen molar-refractivity contribution in [2.24, 2.45) is 0 Å². The van der Waals surface area contributed by atoms with Crippen molar-refractivity contribution in [2.75, 3.05) is 13.2 Å². The van der Waals surface area contributed by atoms with E-state index < -0.39 is 11.9 Å². The third-order valence-corrected chi connectivity index (χ3v) is 4.10. The number of benzene rings is 1. The first-order chi connectivity index (χ1) is 11.9. The molecule has 2 aromatic rings. The highest BCUT2D eigenvalue weighted by Crippen LogP contribution is 2.34. The summed E-state index contributed by atoms with van der Waals surface area (Å²) in [5, 5.41) is 6.78. The molecule has 1 aromatic carbocycles. The van der Waals surface area contributed by atoms with Gasteiger partial charge in [0, 0.05) is 34.8 Å². The Kier molecular flexibility index (Phi) is 5.01. The lowest BCUT2D eigenvalue weighted by Crippen LogP contribution is -2.28. The summed E-state index contributed by atoms with van der Waals surface area (Å²) in [6.07, 6.45) is -4.17. The first kappa shape index (κ1) is 17.8. The molecule has 25 heavy (non-hydrogen) atoms. The Morgan fingerprint density at radius 1 is 1.40 bits per heavy atom. The number of nitrogens with zero attached hydrogens (tertiary/aromatic N) is 2. The highest BCUT2D eigenvalue weighted by molar-refractivity contribution is 6.30. The van der Waals surface area contributed by atoms with E-state index in [1.54, 1.807) is 18.2 Å². The number of ether oxygens (including phenoxy) is 1. The minimum atomic E-state index is -4.53. The molecule has 0 radical (unpaired) electrons. The molecule has 0 atom stereocenters.